The number of aliphatic hydroxyl groups excluding tert-OH is 1. The van der Waals surface area contributed by atoms with Gasteiger partial charge in [0, 0.05) is 25.3 Å². The molecule has 2 aliphatic rings. The smallest absolute Gasteiger partial charge is 0.417 e. The molecule has 0 aliphatic carbocycles. The molecule has 0 saturated carbocycles. The zero-order valence-corrected chi connectivity index (χ0v) is 43.2. The van der Waals surface area contributed by atoms with Crippen LogP contribution in [0.15, 0.2) is 96.5 Å². The molecule has 2 unspecified atom stereocenters. The average Bonchev–Trinajstić information content (AvgIpc) is 4.01. The Bertz CT molecular complexity index is 2880. The van der Waals surface area contributed by atoms with Crippen molar-refractivity contribution in [1.82, 2.24) is 20.5 Å². The molecule has 4 aromatic carbocycles. The number of aryl methyl sites for hydroxylation is 1. The number of carbonyl (C=O) groups excluding carboxylic acids is 4. The van der Waals surface area contributed by atoms with Gasteiger partial charge in [-0.1, -0.05) is 69.3 Å². The number of β-amino-alcohol motifs (C(OH)–C–C–N with tert-alkyl or cyclic N) is 1. The van der Waals surface area contributed by atoms with Gasteiger partial charge in [0.1, 0.15) is 30.0 Å². The highest BCUT2D eigenvalue weighted by Gasteiger charge is 2.51. The van der Waals surface area contributed by atoms with Crippen LogP contribution in [-0.2, 0) is 30.1 Å². The van der Waals surface area contributed by atoms with E-state index in [2.05, 4.69) is 15.6 Å². The zero-order chi connectivity index (χ0) is 53.0. The largest absolute Gasteiger partial charge is 0.494 e. The van der Waals surface area contributed by atoms with Crippen molar-refractivity contribution in [2.75, 3.05) is 36.2 Å². The van der Waals surface area contributed by atoms with Gasteiger partial charge < -0.3 is 35.0 Å². The minimum Gasteiger partial charge on any atom is -0.494 e. The molecule has 2 saturated heterocycles. The second-order valence-corrected chi connectivity index (χ2v) is 20.9. The van der Waals surface area contributed by atoms with Crippen LogP contribution in [0.25, 0.3) is 21.6 Å². The number of aromatic nitrogens is 1. The summed E-state index contributed by atoms with van der Waals surface area (Å²) >= 11 is 7.23. The molecule has 4 amide bonds. The lowest BCUT2D eigenvalue weighted by Gasteiger charge is -2.35. The molecular weight excluding hydrogens is 980 g/mol. The van der Waals surface area contributed by atoms with Gasteiger partial charge in [0.25, 0.3) is 5.91 Å². The number of nitrogens with zero attached hydrogens (tertiary/aromatic N) is 5. The molecule has 3 N–H and O–H groups in total. The number of nitriles is 1. The summed E-state index contributed by atoms with van der Waals surface area (Å²) in [6.45, 7) is 12.9. The third kappa shape index (κ3) is 12.2. The molecule has 2 aliphatic heterocycles. The summed E-state index contributed by atoms with van der Waals surface area (Å²) in [7, 11) is 0. The molecule has 73 heavy (non-hydrogen) atoms. The van der Waals surface area contributed by atoms with Crippen molar-refractivity contribution in [1.29, 1.82) is 5.26 Å². The van der Waals surface area contributed by atoms with Crippen molar-refractivity contribution < 1.29 is 46.9 Å². The number of halogens is 3. The fourth-order valence-electron chi connectivity index (χ4n) is 8.89. The zero-order valence-electron chi connectivity index (χ0n) is 41.6. The summed E-state index contributed by atoms with van der Waals surface area (Å²) in [5.41, 5.74) is 3.22. The van der Waals surface area contributed by atoms with Crippen LogP contribution in [0.3, 0.4) is 0 Å². The minimum atomic E-state index is -4.81. The fourth-order valence-corrected chi connectivity index (χ4v) is 10.2. The Morgan fingerprint density at radius 3 is 2.15 bits per heavy atom. The van der Waals surface area contributed by atoms with Gasteiger partial charge in [0.15, 0.2) is 5.11 Å². The lowest BCUT2D eigenvalue weighted by Crippen LogP contribution is -2.58. The molecule has 5 aromatic rings. The molecule has 4 atom stereocenters. The van der Waals surface area contributed by atoms with E-state index in [0.717, 1.165) is 49.9 Å². The van der Waals surface area contributed by atoms with Gasteiger partial charge in [-0.05, 0) is 123 Å². The summed E-state index contributed by atoms with van der Waals surface area (Å²) < 4.78 is 52.9. The number of anilines is 2. The van der Waals surface area contributed by atoms with E-state index in [-0.39, 0.29) is 43.0 Å². The maximum Gasteiger partial charge on any atom is 0.417 e. The van der Waals surface area contributed by atoms with E-state index in [1.54, 1.807) is 53.8 Å². The van der Waals surface area contributed by atoms with E-state index in [1.165, 1.54) is 11.0 Å². The first-order valence-corrected chi connectivity index (χ1v) is 25.1. The Morgan fingerprint density at radius 2 is 1.55 bits per heavy atom. The second kappa shape index (κ2) is 22.2. The van der Waals surface area contributed by atoms with Gasteiger partial charge in [-0.2, -0.15) is 18.4 Å². The molecule has 14 nitrogen and oxygen atoms in total. The highest BCUT2D eigenvalue weighted by atomic mass is 32.1. The van der Waals surface area contributed by atoms with Crippen LogP contribution in [0.5, 0.6) is 5.75 Å². The predicted octanol–water partition coefficient (Wildman–Crippen LogP) is 9.14. The molecule has 0 radical (unpaired) electrons. The summed E-state index contributed by atoms with van der Waals surface area (Å²) in [5.74, 6) is -1.21. The lowest BCUT2D eigenvalue weighted by molar-refractivity contribution is -0.144. The molecule has 2 fully saturated rings. The summed E-state index contributed by atoms with van der Waals surface area (Å²) in [5, 5.41) is 25.7. The number of unbranched alkanes of at least 4 members (excludes halogenated alkanes) is 1. The van der Waals surface area contributed by atoms with Gasteiger partial charge in [-0.3, -0.25) is 24.1 Å². The Labute approximate surface area is 432 Å². The molecule has 384 valence electrons. The number of amides is 4. The van der Waals surface area contributed by atoms with Crippen LogP contribution < -0.4 is 25.2 Å². The highest BCUT2D eigenvalue weighted by Crippen LogP contribution is 2.40. The van der Waals surface area contributed by atoms with Crippen LogP contribution in [-0.4, -0.2) is 93.8 Å². The molecule has 1 aromatic heterocycles. The normalized spacial score (nSPS) is 17.6. The van der Waals surface area contributed by atoms with E-state index in [1.807, 2.05) is 95.3 Å². The van der Waals surface area contributed by atoms with Crippen molar-refractivity contribution in [2.45, 2.75) is 104 Å². The van der Waals surface area contributed by atoms with Crippen LogP contribution >= 0.6 is 23.6 Å². The molecule has 3 heterocycles. The first-order valence-electron chi connectivity index (χ1n) is 23.8. The number of hydrogen-bond acceptors (Lipinski definition) is 11. The average molecular weight is 1040 g/mol. The Morgan fingerprint density at radius 1 is 0.932 bits per heavy atom. The topological polar surface area (TPSA) is 177 Å². The van der Waals surface area contributed by atoms with Gasteiger partial charge in [-0.15, -0.1) is 11.3 Å². The standard InChI is InChI=1S/C54H58F3N7O7S2/c1-32(34-10-12-37(13-11-34)46-33(2)59-31-73-46)60-48(67)44-27-41(65)29-62(44)49(68)47(52(3,4)5)61-45(66)30-70-24-8-9-25-71-42-22-17-36(18-23-42)35-14-19-39(20-15-35)64-51(72)63(50(69)53(64,6)7)40-21-16-38(28-58)43(26-40)54(55,56)57/h10-23,26,31-32,41,44,47,65H,8-9,24-25,27,29-30H2,1-7H3,(H,60,67)(H,61,66)/t32?,41-,44+,47?/m1/s1. The first kappa shape index (κ1) is 54.1. The number of aliphatic hydroxyl groups is 1. The fraction of sp³-hybridized carbons (Fsp3) is 0.389. The first-order chi connectivity index (χ1) is 34.5. The van der Waals surface area contributed by atoms with Crippen molar-refractivity contribution >= 4 is 63.7 Å². The van der Waals surface area contributed by atoms with E-state index >= 15 is 0 Å². The van der Waals surface area contributed by atoms with E-state index in [0.29, 0.717) is 30.9 Å². The summed E-state index contributed by atoms with van der Waals surface area (Å²) in [4.78, 5) is 63.9. The second-order valence-electron chi connectivity index (χ2n) is 19.7. The number of thiazole rings is 1. The predicted molar refractivity (Wildman–Crippen MR) is 277 cm³/mol. The molecule has 0 spiro atoms. The highest BCUT2D eigenvalue weighted by molar-refractivity contribution is 7.81. The van der Waals surface area contributed by atoms with Crippen molar-refractivity contribution in [3.63, 3.8) is 0 Å². The summed E-state index contributed by atoms with van der Waals surface area (Å²) in [6, 6.07) is 25.0. The van der Waals surface area contributed by atoms with Gasteiger partial charge >= 0.3 is 6.18 Å². The number of thiocarbonyl (C=S) groups is 1. The maximum atomic E-state index is 14.1. The van der Waals surface area contributed by atoms with Crippen LogP contribution in [0.4, 0.5) is 24.5 Å². The molecular formula is C54H58F3N7O7S2. The summed E-state index contributed by atoms with van der Waals surface area (Å²) in [6.07, 6.45) is -4.41. The number of alkyl halides is 3. The number of ether oxygens (including phenoxy) is 2. The number of rotatable bonds is 17. The Kier molecular flexibility index (Phi) is 16.4. The Balaban J connectivity index is 0.847. The van der Waals surface area contributed by atoms with E-state index in [4.69, 9.17) is 21.7 Å². The molecule has 7 rings (SSSR count). The number of hydrogen-bond donors (Lipinski definition) is 3. The van der Waals surface area contributed by atoms with Gasteiger partial charge in [0.05, 0.1) is 57.7 Å². The maximum absolute atomic E-state index is 14.1. The van der Waals surface area contributed by atoms with Crippen LogP contribution in [0, 0.1) is 23.7 Å². The number of nitrogens with one attached hydrogen (secondary N) is 2. The third-order valence-electron chi connectivity index (χ3n) is 12.9. The van der Waals surface area contributed by atoms with Gasteiger partial charge in [0.2, 0.25) is 17.7 Å². The number of likely N-dealkylation sites (tertiary alicyclic amines) is 1. The number of carbonyl (C=O) groups is 4. The Hall–Kier alpha value is -6.72. The third-order valence-corrected chi connectivity index (χ3v) is 14.3. The van der Waals surface area contributed by atoms with Crippen molar-refractivity contribution in [3.05, 3.63) is 119 Å². The SMILES string of the molecule is Cc1ncsc1-c1ccc(C(C)NC(=O)[C@@H]2C[C@@H](O)CN2C(=O)C(NC(=O)COCCCCOc2ccc(-c3ccc(N4C(=S)N(c5ccc(C#N)c(C(F)(F)F)c5)C(=O)C4(C)C)cc3)cc2)C(C)(C)C)cc1. The van der Waals surface area contributed by atoms with Crippen molar-refractivity contribution in [2.24, 2.45) is 5.41 Å². The van der Waals surface area contributed by atoms with E-state index in [9.17, 15) is 42.7 Å². The van der Waals surface area contributed by atoms with Gasteiger partial charge in [-0.25, -0.2) is 4.98 Å². The van der Waals surface area contributed by atoms with Crippen LogP contribution in [0.1, 0.15) is 89.2 Å². The van der Waals surface area contributed by atoms with Crippen molar-refractivity contribution in [3.8, 4) is 33.4 Å². The quantitative estimate of drug-likeness (QED) is 0.0598. The number of benzene rings is 4. The van der Waals surface area contributed by atoms with Crippen LogP contribution in [0.2, 0.25) is 0 Å². The molecule has 19 heteroatoms. The minimum absolute atomic E-state index is 0.00275. The monoisotopic (exact) mass is 1040 g/mol. The lowest BCUT2D eigenvalue weighted by atomic mass is 9.85. The molecule has 0 bridgehead atoms. The van der Waals surface area contributed by atoms with E-state index < -0.39 is 70.1 Å².